The molecule has 0 aliphatic rings. The Labute approximate surface area is 181 Å². The van der Waals surface area contributed by atoms with Crippen molar-refractivity contribution in [2.24, 2.45) is 5.92 Å². The van der Waals surface area contributed by atoms with E-state index in [-0.39, 0.29) is 24.9 Å². The second-order valence-electron chi connectivity index (χ2n) is 7.85. The fraction of sp³-hybridized carbons (Fsp3) is 0.280. The second-order valence-corrected chi connectivity index (χ2v) is 7.85. The van der Waals surface area contributed by atoms with Crippen molar-refractivity contribution >= 4 is 5.91 Å². The van der Waals surface area contributed by atoms with Gasteiger partial charge in [-0.25, -0.2) is 4.39 Å². The van der Waals surface area contributed by atoms with Crippen molar-refractivity contribution in [3.8, 4) is 17.0 Å². The van der Waals surface area contributed by atoms with Crippen molar-refractivity contribution in [3.63, 3.8) is 0 Å². The summed E-state index contributed by atoms with van der Waals surface area (Å²) in [5, 5.41) is 12.5. The molecule has 0 radical (unpaired) electrons. The lowest BCUT2D eigenvalue weighted by molar-refractivity contribution is 0.0946. The van der Waals surface area contributed by atoms with Crippen LogP contribution in [0.5, 0.6) is 5.75 Å². The molecule has 0 atom stereocenters. The van der Waals surface area contributed by atoms with E-state index in [1.54, 1.807) is 49.5 Å². The standard InChI is InChI=1S/C25H27FN2O3/c1-16(2)15-31-23-9-8-19(24-20(14-29)5-4-10-27-24)12-21(23)25(30)28-13-18-7-6-17(3)22(26)11-18/h4-12,16,29H,13-15H2,1-3H3,(H,28,30). The van der Waals surface area contributed by atoms with Crippen LogP contribution in [0.25, 0.3) is 11.3 Å². The highest BCUT2D eigenvalue weighted by atomic mass is 19.1. The minimum Gasteiger partial charge on any atom is -0.492 e. The normalized spacial score (nSPS) is 10.9. The highest BCUT2D eigenvalue weighted by Crippen LogP contribution is 2.28. The summed E-state index contributed by atoms with van der Waals surface area (Å²) < 4.78 is 19.7. The number of rotatable bonds is 8. The number of aliphatic hydroxyl groups is 1. The van der Waals surface area contributed by atoms with E-state index in [0.29, 0.717) is 51.8 Å². The van der Waals surface area contributed by atoms with Crippen LogP contribution in [0.15, 0.2) is 54.7 Å². The predicted octanol–water partition coefficient (Wildman–Crippen LogP) is 4.65. The number of carbonyl (C=O) groups is 1. The van der Waals surface area contributed by atoms with Crippen LogP contribution in [-0.2, 0) is 13.2 Å². The van der Waals surface area contributed by atoms with Crippen molar-refractivity contribution in [1.82, 2.24) is 10.3 Å². The lowest BCUT2D eigenvalue weighted by atomic mass is 10.0. The smallest absolute Gasteiger partial charge is 0.255 e. The Morgan fingerprint density at radius 2 is 2.00 bits per heavy atom. The minimum absolute atomic E-state index is 0.157. The van der Waals surface area contributed by atoms with E-state index in [0.717, 1.165) is 0 Å². The van der Waals surface area contributed by atoms with Gasteiger partial charge in [0.15, 0.2) is 0 Å². The number of aromatic nitrogens is 1. The third kappa shape index (κ3) is 5.67. The topological polar surface area (TPSA) is 71.5 Å². The second kappa shape index (κ2) is 10.2. The Kier molecular flexibility index (Phi) is 7.36. The molecule has 2 N–H and O–H groups in total. The average Bonchev–Trinajstić information content (AvgIpc) is 2.78. The summed E-state index contributed by atoms with van der Waals surface area (Å²) in [6.45, 7) is 6.25. The van der Waals surface area contributed by atoms with Crippen molar-refractivity contribution in [2.75, 3.05) is 6.61 Å². The number of ether oxygens (including phenoxy) is 1. The van der Waals surface area contributed by atoms with Crippen molar-refractivity contribution in [2.45, 2.75) is 33.9 Å². The zero-order chi connectivity index (χ0) is 22.4. The van der Waals surface area contributed by atoms with Gasteiger partial charge < -0.3 is 15.2 Å². The molecular formula is C25H27FN2O3. The Bertz CT molecular complexity index is 1070. The molecule has 1 amide bonds. The maximum Gasteiger partial charge on any atom is 0.255 e. The molecule has 0 bridgehead atoms. The fourth-order valence-corrected chi connectivity index (χ4v) is 3.09. The van der Waals surface area contributed by atoms with Crippen LogP contribution < -0.4 is 10.1 Å². The molecule has 31 heavy (non-hydrogen) atoms. The van der Waals surface area contributed by atoms with E-state index in [1.165, 1.54) is 6.07 Å². The number of benzene rings is 2. The molecule has 0 saturated heterocycles. The van der Waals surface area contributed by atoms with Gasteiger partial charge in [-0.2, -0.15) is 0 Å². The van der Waals surface area contributed by atoms with E-state index in [1.807, 2.05) is 19.9 Å². The monoisotopic (exact) mass is 422 g/mol. The number of aliphatic hydroxyl groups excluding tert-OH is 1. The maximum absolute atomic E-state index is 13.8. The van der Waals surface area contributed by atoms with E-state index >= 15 is 0 Å². The first-order valence-corrected chi connectivity index (χ1v) is 10.2. The minimum atomic E-state index is -0.330. The Morgan fingerprint density at radius 3 is 2.71 bits per heavy atom. The number of pyridine rings is 1. The molecule has 162 valence electrons. The van der Waals surface area contributed by atoms with Crippen molar-refractivity contribution < 1.29 is 19.0 Å². The van der Waals surface area contributed by atoms with Crippen LogP contribution in [0.3, 0.4) is 0 Å². The van der Waals surface area contributed by atoms with Gasteiger partial charge in [0.05, 0.1) is 24.5 Å². The van der Waals surface area contributed by atoms with Crippen LogP contribution in [0.4, 0.5) is 4.39 Å². The van der Waals surface area contributed by atoms with E-state index in [9.17, 15) is 14.3 Å². The number of hydrogen-bond acceptors (Lipinski definition) is 4. The lowest BCUT2D eigenvalue weighted by Gasteiger charge is -2.15. The Hall–Kier alpha value is -3.25. The predicted molar refractivity (Wildman–Crippen MR) is 118 cm³/mol. The largest absolute Gasteiger partial charge is 0.492 e. The molecule has 0 fully saturated rings. The van der Waals surface area contributed by atoms with Gasteiger partial charge in [-0.15, -0.1) is 0 Å². The highest BCUT2D eigenvalue weighted by Gasteiger charge is 2.17. The molecule has 0 aliphatic carbocycles. The summed E-state index contributed by atoms with van der Waals surface area (Å²) in [6.07, 6.45) is 1.64. The van der Waals surface area contributed by atoms with Crippen LogP contribution >= 0.6 is 0 Å². The zero-order valence-electron chi connectivity index (χ0n) is 18.0. The van der Waals surface area contributed by atoms with Gasteiger partial charge in [0.2, 0.25) is 0 Å². The van der Waals surface area contributed by atoms with Crippen molar-refractivity contribution in [3.05, 3.63) is 82.8 Å². The zero-order valence-corrected chi connectivity index (χ0v) is 18.0. The molecule has 3 rings (SSSR count). The van der Waals surface area contributed by atoms with Gasteiger partial charge >= 0.3 is 0 Å². The van der Waals surface area contributed by atoms with Gasteiger partial charge in [0.25, 0.3) is 5.91 Å². The molecule has 0 unspecified atom stereocenters. The summed E-state index contributed by atoms with van der Waals surface area (Å²) in [7, 11) is 0. The first-order chi connectivity index (χ1) is 14.9. The molecular weight excluding hydrogens is 395 g/mol. The number of aryl methyl sites for hydroxylation is 1. The van der Waals surface area contributed by atoms with E-state index in [4.69, 9.17) is 4.74 Å². The van der Waals surface area contributed by atoms with Crippen LogP contribution in [0, 0.1) is 18.7 Å². The summed E-state index contributed by atoms with van der Waals surface area (Å²) in [5.74, 6) is 0.124. The highest BCUT2D eigenvalue weighted by molar-refractivity contribution is 5.98. The first kappa shape index (κ1) is 22.4. The molecule has 5 nitrogen and oxygen atoms in total. The lowest BCUT2D eigenvalue weighted by Crippen LogP contribution is -2.24. The molecule has 3 aromatic rings. The number of halogens is 1. The molecule has 2 aromatic carbocycles. The third-order valence-corrected chi connectivity index (χ3v) is 4.82. The van der Waals surface area contributed by atoms with Crippen LogP contribution in [0.2, 0.25) is 0 Å². The number of carbonyl (C=O) groups excluding carboxylic acids is 1. The van der Waals surface area contributed by atoms with Crippen molar-refractivity contribution in [1.29, 1.82) is 0 Å². The molecule has 6 heteroatoms. The summed E-state index contributed by atoms with van der Waals surface area (Å²) in [5.41, 5.74) is 3.56. The van der Waals surface area contributed by atoms with E-state index in [2.05, 4.69) is 10.3 Å². The van der Waals surface area contributed by atoms with Gasteiger partial charge in [-0.3, -0.25) is 9.78 Å². The quantitative estimate of drug-likeness (QED) is 0.554. The number of nitrogens with one attached hydrogen (secondary N) is 1. The summed E-state index contributed by atoms with van der Waals surface area (Å²) in [6, 6.07) is 13.7. The van der Waals surface area contributed by atoms with Gasteiger partial charge in [0.1, 0.15) is 11.6 Å². The summed E-state index contributed by atoms with van der Waals surface area (Å²) >= 11 is 0. The fourth-order valence-electron chi connectivity index (χ4n) is 3.09. The molecule has 0 aliphatic heterocycles. The molecule has 1 aromatic heterocycles. The number of amides is 1. The number of nitrogens with zero attached hydrogens (tertiary/aromatic N) is 1. The average molecular weight is 423 g/mol. The Morgan fingerprint density at radius 1 is 1.19 bits per heavy atom. The first-order valence-electron chi connectivity index (χ1n) is 10.2. The number of hydrogen-bond donors (Lipinski definition) is 2. The molecule has 0 spiro atoms. The van der Waals surface area contributed by atoms with Crippen LogP contribution in [0.1, 0.15) is 40.9 Å². The van der Waals surface area contributed by atoms with E-state index < -0.39 is 0 Å². The maximum atomic E-state index is 13.8. The molecule has 1 heterocycles. The SMILES string of the molecule is Cc1ccc(CNC(=O)c2cc(-c3ncccc3CO)ccc2OCC(C)C)cc1F. The van der Waals surface area contributed by atoms with Gasteiger partial charge in [-0.1, -0.05) is 32.0 Å². The molecule has 0 saturated carbocycles. The Balaban J connectivity index is 1.90. The summed E-state index contributed by atoms with van der Waals surface area (Å²) in [4.78, 5) is 17.4. The van der Waals surface area contributed by atoms with Gasteiger partial charge in [-0.05, 0) is 54.3 Å². The van der Waals surface area contributed by atoms with Crippen LogP contribution in [-0.4, -0.2) is 22.6 Å². The van der Waals surface area contributed by atoms with Gasteiger partial charge in [0, 0.05) is 23.9 Å². The third-order valence-electron chi connectivity index (χ3n) is 4.82.